The highest BCUT2D eigenvalue weighted by Crippen LogP contribution is 2.23. The highest BCUT2D eigenvalue weighted by molar-refractivity contribution is 4.89. The van der Waals surface area contributed by atoms with E-state index in [1.807, 2.05) is 0 Å². The number of morpholine rings is 1. The maximum atomic E-state index is 5.62. The van der Waals surface area contributed by atoms with Gasteiger partial charge in [0, 0.05) is 12.1 Å². The minimum Gasteiger partial charge on any atom is -0.378 e. The van der Waals surface area contributed by atoms with E-state index >= 15 is 0 Å². The van der Waals surface area contributed by atoms with Gasteiger partial charge in [0.25, 0.3) is 0 Å². The highest BCUT2D eigenvalue weighted by atomic mass is 16.5. The van der Waals surface area contributed by atoms with Gasteiger partial charge in [-0.25, -0.2) is 0 Å². The Morgan fingerprint density at radius 1 is 1.14 bits per heavy atom. The third-order valence-corrected chi connectivity index (χ3v) is 3.14. The second kappa shape index (κ2) is 6.41. The molecule has 0 unspecified atom stereocenters. The van der Waals surface area contributed by atoms with E-state index in [-0.39, 0.29) is 0 Å². The predicted molar refractivity (Wildman–Crippen MR) is 60.6 cm³/mol. The molecule has 0 bridgehead atoms. The second-order valence-electron chi connectivity index (χ2n) is 4.47. The summed E-state index contributed by atoms with van der Waals surface area (Å²) in [7, 11) is 0. The lowest BCUT2D eigenvalue weighted by Crippen LogP contribution is -2.54. The molecule has 0 aromatic heterocycles. The number of ether oxygens (including phenoxy) is 1. The van der Waals surface area contributed by atoms with Crippen LogP contribution in [-0.2, 0) is 4.74 Å². The normalized spacial score (nSPS) is 21.0. The van der Waals surface area contributed by atoms with Gasteiger partial charge in [-0.05, 0) is 12.8 Å². The van der Waals surface area contributed by atoms with Crippen molar-refractivity contribution in [3.8, 4) is 0 Å². The van der Waals surface area contributed by atoms with Crippen LogP contribution in [0.1, 0.15) is 52.4 Å². The maximum Gasteiger partial charge on any atom is 0.0648 e. The molecule has 0 amide bonds. The molecule has 84 valence electrons. The summed E-state index contributed by atoms with van der Waals surface area (Å²) >= 11 is 0. The smallest absolute Gasteiger partial charge is 0.0648 e. The second-order valence-corrected chi connectivity index (χ2v) is 4.47. The predicted octanol–water partition coefficient (Wildman–Crippen LogP) is 2.73. The molecular weight excluding hydrogens is 174 g/mol. The molecule has 1 fully saturated rings. The van der Waals surface area contributed by atoms with E-state index in [2.05, 4.69) is 19.2 Å². The minimum absolute atomic E-state index is 0.310. The topological polar surface area (TPSA) is 21.3 Å². The fraction of sp³-hybridized carbons (Fsp3) is 1.00. The molecule has 0 spiro atoms. The molecule has 0 radical (unpaired) electrons. The van der Waals surface area contributed by atoms with E-state index in [4.69, 9.17) is 4.74 Å². The van der Waals surface area contributed by atoms with Gasteiger partial charge in [0.1, 0.15) is 0 Å². The molecule has 0 atom stereocenters. The minimum atomic E-state index is 0.310. The van der Waals surface area contributed by atoms with Crippen molar-refractivity contribution >= 4 is 0 Å². The molecule has 1 rings (SSSR count). The van der Waals surface area contributed by atoms with Crippen molar-refractivity contribution in [2.45, 2.75) is 57.9 Å². The van der Waals surface area contributed by atoms with Crippen molar-refractivity contribution in [2.24, 2.45) is 0 Å². The van der Waals surface area contributed by atoms with E-state index in [1.165, 1.54) is 38.5 Å². The number of hydrogen-bond donors (Lipinski definition) is 1. The Kier molecular flexibility index (Phi) is 5.49. The van der Waals surface area contributed by atoms with Crippen molar-refractivity contribution in [1.29, 1.82) is 0 Å². The first-order chi connectivity index (χ1) is 6.83. The molecular formula is C12H25NO. The average molecular weight is 199 g/mol. The Bertz CT molecular complexity index is 131. The SMILES string of the molecule is CCCCC1(CCCC)COCCN1. The third-order valence-electron chi connectivity index (χ3n) is 3.14. The molecule has 1 saturated heterocycles. The first kappa shape index (κ1) is 12.0. The molecule has 2 heteroatoms. The molecule has 2 nitrogen and oxygen atoms in total. The van der Waals surface area contributed by atoms with Gasteiger partial charge in [0.05, 0.1) is 13.2 Å². The lowest BCUT2D eigenvalue weighted by Gasteiger charge is -2.38. The summed E-state index contributed by atoms with van der Waals surface area (Å²) < 4.78 is 5.62. The zero-order valence-corrected chi connectivity index (χ0v) is 9.77. The van der Waals surface area contributed by atoms with Crippen LogP contribution in [0.3, 0.4) is 0 Å². The van der Waals surface area contributed by atoms with Gasteiger partial charge in [-0.15, -0.1) is 0 Å². The van der Waals surface area contributed by atoms with Crippen LogP contribution in [0.4, 0.5) is 0 Å². The van der Waals surface area contributed by atoms with Crippen LogP contribution in [0.2, 0.25) is 0 Å². The summed E-state index contributed by atoms with van der Waals surface area (Å²) in [6.07, 6.45) is 7.78. The van der Waals surface area contributed by atoms with Crippen molar-refractivity contribution in [1.82, 2.24) is 5.32 Å². The molecule has 0 aromatic rings. The van der Waals surface area contributed by atoms with Crippen molar-refractivity contribution in [3.63, 3.8) is 0 Å². The molecule has 0 saturated carbocycles. The van der Waals surface area contributed by atoms with Crippen LogP contribution in [-0.4, -0.2) is 25.3 Å². The van der Waals surface area contributed by atoms with Crippen LogP contribution < -0.4 is 5.32 Å². The third kappa shape index (κ3) is 3.58. The summed E-state index contributed by atoms with van der Waals surface area (Å²) in [5.41, 5.74) is 0.310. The average Bonchev–Trinajstić information content (AvgIpc) is 2.25. The van der Waals surface area contributed by atoms with E-state index in [9.17, 15) is 0 Å². The quantitative estimate of drug-likeness (QED) is 0.710. The Labute approximate surface area is 88.4 Å². The van der Waals surface area contributed by atoms with E-state index in [0.717, 1.165) is 19.8 Å². The standard InChI is InChI=1S/C12H25NO/c1-3-5-7-12(8-6-4-2)11-14-10-9-13-12/h13H,3-11H2,1-2H3. The van der Waals surface area contributed by atoms with Gasteiger partial charge >= 0.3 is 0 Å². The van der Waals surface area contributed by atoms with Gasteiger partial charge in [-0.1, -0.05) is 39.5 Å². The Morgan fingerprint density at radius 3 is 2.21 bits per heavy atom. The lowest BCUT2D eigenvalue weighted by atomic mass is 9.87. The Hall–Kier alpha value is -0.0800. The number of hydrogen-bond acceptors (Lipinski definition) is 2. The van der Waals surface area contributed by atoms with E-state index in [1.54, 1.807) is 0 Å². The van der Waals surface area contributed by atoms with Crippen LogP contribution in [0.5, 0.6) is 0 Å². The molecule has 14 heavy (non-hydrogen) atoms. The van der Waals surface area contributed by atoms with Crippen molar-refractivity contribution in [2.75, 3.05) is 19.8 Å². The lowest BCUT2D eigenvalue weighted by molar-refractivity contribution is 0.0169. The zero-order valence-electron chi connectivity index (χ0n) is 9.77. The van der Waals surface area contributed by atoms with Crippen LogP contribution in [0, 0.1) is 0 Å². The van der Waals surface area contributed by atoms with Gasteiger partial charge in [-0.2, -0.15) is 0 Å². The van der Waals surface area contributed by atoms with Gasteiger partial charge in [0.2, 0.25) is 0 Å². The molecule has 0 aromatic carbocycles. The largest absolute Gasteiger partial charge is 0.378 e. The first-order valence-corrected chi connectivity index (χ1v) is 6.16. The molecule has 1 N–H and O–H groups in total. The molecule has 1 heterocycles. The maximum absolute atomic E-state index is 5.62. The number of rotatable bonds is 6. The number of nitrogens with one attached hydrogen (secondary N) is 1. The monoisotopic (exact) mass is 199 g/mol. The summed E-state index contributed by atoms with van der Waals surface area (Å²) in [6, 6.07) is 0. The Morgan fingerprint density at radius 2 is 1.79 bits per heavy atom. The van der Waals surface area contributed by atoms with Crippen molar-refractivity contribution in [3.05, 3.63) is 0 Å². The highest BCUT2D eigenvalue weighted by Gasteiger charge is 2.30. The summed E-state index contributed by atoms with van der Waals surface area (Å²) in [4.78, 5) is 0. The van der Waals surface area contributed by atoms with Crippen molar-refractivity contribution < 1.29 is 4.74 Å². The van der Waals surface area contributed by atoms with Crippen LogP contribution >= 0.6 is 0 Å². The van der Waals surface area contributed by atoms with Gasteiger partial charge in [0.15, 0.2) is 0 Å². The van der Waals surface area contributed by atoms with Crippen LogP contribution in [0.25, 0.3) is 0 Å². The first-order valence-electron chi connectivity index (χ1n) is 6.16. The molecule has 1 aliphatic heterocycles. The molecule has 0 aliphatic carbocycles. The van der Waals surface area contributed by atoms with Crippen LogP contribution in [0.15, 0.2) is 0 Å². The zero-order chi connectivity index (χ0) is 10.3. The summed E-state index contributed by atoms with van der Waals surface area (Å²) in [5.74, 6) is 0. The Balaban J connectivity index is 2.39. The number of unbranched alkanes of at least 4 members (excludes halogenated alkanes) is 2. The fourth-order valence-corrected chi connectivity index (χ4v) is 2.18. The van der Waals surface area contributed by atoms with E-state index in [0.29, 0.717) is 5.54 Å². The summed E-state index contributed by atoms with van der Waals surface area (Å²) in [6.45, 7) is 7.37. The molecule has 1 aliphatic rings. The van der Waals surface area contributed by atoms with Gasteiger partial charge in [-0.3, -0.25) is 0 Å². The summed E-state index contributed by atoms with van der Waals surface area (Å²) in [5, 5.41) is 3.68. The van der Waals surface area contributed by atoms with Gasteiger partial charge < -0.3 is 10.1 Å². The fourth-order valence-electron chi connectivity index (χ4n) is 2.18. The van der Waals surface area contributed by atoms with E-state index < -0.39 is 0 Å².